The van der Waals surface area contributed by atoms with Crippen LogP contribution in [0.3, 0.4) is 0 Å². The zero-order chi connectivity index (χ0) is 15.8. The molecule has 1 aliphatic carbocycles. The van der Waals surface area contributed by atoms with Crippen molar-refractivity contribution in [1.29, 1.82) is 0 Å². The second-order valence-electron chi connectivity index (χ2n) is 4.67. The first kappa shape index (κ1) is 15.9. The van der Waals surface area contributed by atoms with Crippen LogP contribution >= 0.6 is 12.2 Å². The second-order valence-corrected chi connectivity index (χ2v) is 5.08. The Balaban J connectivity index is 2.28. The van der Waals surface area contributed by atoms with Crippen molar-refractivity contribution in [2.75, 3.05) is 5.32 Å². The zero-order valence-electron chi connectivity index (χ0n) is 10.4. The molecule has 0 unspecified atom stereocenters. The number of alkyl halides is 6. The van der Waals surface area contributed by atoms with Crippen molar-refractivity contribution in [1.82, 2.24) is 5.32 Å². The first-order valence-electron chi connectivity index (χ1n) is 5.93. The summed E-state index contributed by atoms with van der Waals surface area (Å²) in [4.78, 5) is 0. The number of nitrogens with one attached hydrogen (secondary N) is 2. The Morgan fingerprint density at radius 1 is 0.952 bits per heavy atom. The quantitative estimate of drug-likeness (QED) is 0.629. The van der Waals surface area contributed by atoms with Crippen molar-refractivity contribution in [2.45, 2.75) is 31.2 Å². The molecule has 2 rings (SSSR count). The maximum atomic E-state index is 12.7. The van der Waals surface area contributed by atoms with Crippen molar-refractivity contribution < 1.29 is 26.3 Å². The van der Waals surface area contributed by atoms with Gasteiger partial charge in [-0.25, -0.2) is 0 Å². The Bertz CT molecular complexity index is 515. The molecule has 2 nitrogen and oxygen atoms in total. The Kier molecular flexibility index (Phi) is 4.05. The maximum Gasteiger partial charge on any atom is 0.416 e. The maximum absolute atomic E-state index is 12.7. The number of thiocarbonyl (C=S) groups is 1. The molecule has 1 aliphatic rings. The monoisotopic (exact) mass is 328 g/mol. The van der Waals surface area contributed by atoms with Gasteiger partial charge < -0.3 is 10.6 Å². The van der Waals surface area contributed by atoms with Crippen LogP contribution in [0.5, 0.6) is 0 Å². The Labute approximate surface area is 121 Å². The molecule has 0 radical (unpaired) electrons. The fourth-order valence-electron chi connectivity index (χ4n) is 1.61. The standard InChI is InChI=1S/C12H10F6N2S/c13-11(14,15)6-3-7(12(16,17)18)5-9(4-6)20-10(21)19-8-1-2-8/h3-5,8H,1-2H2,(H2,19,20,21). The molecule has 1 aromatic carbocycles. The highest BCUT2D eigenvalue weighted by molar-refractivity contribution is 7.80. The van der Waals surface area contributed by atoms with E-state index in [1.165, 1.54) is 0 Å². The summed E-state index contributed by atoms with van der Waals surface area (Å²) in [5.41, 5.74) is -3.11. The Morgan fingerprint density at radius 2 is 1.43 bits per heavy atom. The van der Waals surface area contributed by atoms with Gasteiger partial charge in [-0.15, -0.1) is 0 Å². The molecule has 0 saturated heterocycles. The number of hydrogen-bond acceptors (Lipinski definition) is 1. The molecule has 116 valence electrons. The summed E-state index contributed by atoms with van der Waals surface area (Å²) in [6.07, 6.45) is -8.00. The van der Waals surface area contributed by atoms with E-state index in [1.54, 1.807) is 0 Å². The number of halogens is 6. The lowest BCUT2D eigenvalue weighted by molar-refractivity contribution is -0.143. The topological polar surface area (TPSA) is 24.1 Å². The van der Waals surface area contributed by atoms with Crippen molar-refractivity contribution in [3.63, 3.8) is 0 Å². The van der Waals surface area contributed by atoms with Gasteiger partial charge in [0.1, 0.15) is 0 Å². The number of hydrogen-bond donors (Lipinski definition) is 2. The minimum absolute atomic E-state index is 0.00458. The van der Waals surface area contributed by atoms with Crippen LogP contribution in [0.1, 0.15) is 24.0 Å². The van der Waals surface area contributed by atoms with Gasteiger partial charge in [0.15, 0.2) is 5.11 Å². The Morgan fingerprint density at radius 3 is 1.81 bits per heavy atom. The lowest BCUT2D eigenvalue weighted by Gasteiger charge is -2.16. The molecular formula is C12H10F6N2S. The van der Waals surface area contributed by atoms with Crippen LogP contribution in [0.4, 0.5) is 32.0 Å². The van der Waals surface area contributed by atoms with E-state index in [0.717, 1.165) is 12.8 Å². The molecule has 1 fully saturated rings. The highest BCUT2D eigenvalue weighted by Gasteiger charge is 2.37. The lowest BCUT2D eigenvalue weighted by Crippen LogP contribution is -2.30. The van der Waals surface area contributed by atoms with Gasteiger partial charge in [-0.1, -0.05) is 0 Å². The van der Waals surface area contributed by atoms with Gasteiger partial charge in [0.25, 0.3) is 0 Å². The summed E-state index contributed by atoms with van der Waals surface area (Å²) >= 11 is 4.84. The lowest BCUT2D eigenvalue weighted by atomic mass is 10.1. The minimum atomic E-state index is -4.87. The number of anilines is 1. The van der Waals surface area contributed by atoms with E-state index in [4.69, 9.17) is 12.2 Å². The number of benzene rings is 1. The normalized spacial score (nSPS) is 15.7. The SMILES string of the molecule is FC(F)(F)c1cc(NC(=S)NC2CC2)cc(C(F)(F)F)c1. The molecule has 1 saturated carbocycles. The molecule has 0 heterocycles. The molecule has 9 heteroatoms. The van der Waals surface area contributed by atoms with Crippen LogP contribution in [-0.4, -0.2) is 11.2 Å². The van der Waals surface area contributed by atoms with Gasteiger partial charge in [0.2, 0.25) is 0 Å². The fraction of sp³-hybridized carbons (Fsp3) is 0.417. The first-order chi connectivity index (χ1) is 9.55. The third-order valence-corrected chi connectivity index (χ3v) is 2.98. The van der Waals surface area contributed by atoms with E-state index in [9.17, 15) is 26.3 Å². The molecule has 0 bridgehead atoms. The van der Waals surface area contributed by atoms with Gasteiger partial charge in [0.05, 0.1) is 11.1 Å². The average Bonchev–Trinajstić information content (AvgIpc) is 3.09. The summed E-state index contributed by atoms with van der Waals surface area (Å²) in [6.45, 7) is 0. The highest BCUT2D eigenvalue weighted by Crippen LogP contribution is 2.37. The molecule has 0 spiro atoms. The average molecular weight is 328 g/mol. The van der Waals surface area contributed by atoms with Gasteiger partial charge in [0, 0.05) is 11.7 Å². The smallest absolute Gasteiger partial charge is 0.360 e. The fourth-order valence-corrected chi connectivity index (χ4v) is 1.89. The summed E-state index contributed by atoms with van der Waals surface area (Å²) < 4.78 is 75.9. The van der Waals surface area contributed by atoms with Crippen molar-refractivity contribution in [2.24, 2.45) is 0 Å². The number of rotatable bonds is 2. The third kappa shape index (κ3) is 4.48. The summed E-state index contributed by atoms with van der Waals surface area (Å²) in [5.74, 6) is 0. The van der Waals surface area contributed by atoms with Crippen molar-refractivity contribution >= 4 is 23.0 Å². The predicted molar refractivity (Wildman–Crippen MR) is 68.8 cm³/mol. The molecular weight excluding hydrogens is 318 g/mol. The van der Waals surface area contributed by atoms with E-state index in [-0.39, 0.29) is 22.9 Å². The van der Waals surface area contributed by atoms with Crippen molar-refractivity contribution in [3.8, 4) is 0 Å². The van der Waals surface area contributed by atoms with Crippen LogP contribution in [0.2, 0.25) is 0 Å². The van der Waals surface area contributed by atoms with Crippen LogP contribution in [0.15, 0.2) is 18.2 Å². The van der Waals surface area contributed by atoms with Gasteiger partial charge >= 0.3 is 12.4 Å². The third-order valence-electron chi connectivity index (χ3n) is 2.76. The molecule has 0 aromatic heterocycles. The van der Waals surface area contributed by atoms with Crippen LogP contribution in [-0.2, 0) is 12.4 Å². The van der Waals surface area contributed by atoms with E-state index >= 15 is 0 Å². The largest absolute Gasteiger partial charge is 0.416 e. The van der Waals surface area contributed by atoms with Gasteiger partial charge in [-0.3, -0.25) is 0 Å². The van der Waals surface area contributed by atoms with E-state index in [0.29, 0.717) is 12.1 Å². The van der Waals surface area contributed by atoms with Gasteiger partial charge in [-0.2, -0.15) is 26.3 Å². The molecule has 0 amide bonds. The van der Waals surface area contributed by atoms with E-state index in [2.05, 4.69) is 10.6 Å². The zero-order valence-corrected chi connectivity index (χ0v) is 11.2. The van der Waals surface area contributed by atoms with Crippen LogP contribution < -0.4 is 10.6 Å². The Hall–Kier alpha value is -1.51. The predicted octanol–water partition coefficient (Wildman–Crippen LogP) is 4.17. The minimum Gasteiger partial charge on any atom is -0.360 e. The summed E-state index contributed by atoms with van der Waals surface area (Å²) in [7, 11) is 0. The van der Waals surface area contributed by atoms with E-state index in [1.807, 2.05) is 0 Å². The second kappa shape index (κ2) is 5.36. The van der Waals surface area contributed by atoms with Crippen LogP contribution in [0.25, 0.3) is 0 Å². The van der Waals surface area contributed by atoms with E-state index < -0.39 is 23.5 Å². The van der Waals surface area contributed by atoms with Crippen molar-refractivity contribution in [3.05, 3.63) is 29.3 Å². The van der Waals surface area contributed by atoms with Crippen LogP contribution in [0, 0.1) is 0 Å². The molecule has 2 N–H and O–H groups in total. The molecule has 1 aromatic rings. The summed E-state index contributed by atoms with van der Waals surface area (Å²) in [6, 6.07) is 1.40. The molecule has 0 atom stereocenters. The first-order valence-corrected chi connectivity index (χ1v) is 6.33. The summed E-state index contributed by atoms with van der Waals surface area (Å²) in [5, 5.41) is 5.14. The highest BCUT2D eigenvalue weighted by atomic mass is 32.1. The molecule has 0 aliphatic heterocycles. The van der Waals surface area contributed by atoms with Gasteiger partial charge in [-0.05, 0) is 43.3 Å². The molecule has 21 heavy (non-hydrogen) atoms.